The number of aliphatic carboxylic acids is 1. The number of likely N-dealkylation sites (tertiary alicyclic amines) is 2. The molecule has 0 bridgehead atoms. The van der Waals surface area contributed by atoms with Gasteiger partial charge in [-0.05, 0) is 31.4 Å². The minimum atomic E-state index is -5.08. The molecule has 3 rings (SSSR count). The Balaban J connectivity index is 0.000000509. The summed E-state index contributed by atoms with van der Waals surface area (Å²) in [5, 5.41) is 7.12. The van der Waals surface area contributed by atoms with E-state index in [1.807, 2.05) is 6.92 Å². The fourth-order valence-electron chi connectivity index (χ4n) is 4.53. The molecule has 1 amide bonds. The maximum atomic E-state index is 14.6. The van der Waals surface area contributed by atoms with Crippen LogP contribution in [-0.4, -0.2) is 79.7 Å². The van der Waals surface area contributed by atoms with Gasteiger partial charge < -0.3 is 10.0 Å². The van der Waals surface area contributed by atoms with Gasteiger partial charge in [-0.15, -0.1) is 0 Å². The Hall–Kier alpha value is -2.28. The topological polar surface area (TPSA) is 95.0 Å². The van der Waals surface area contributed by atoms with Crippen molar-refractivity contribution in [3.8, 4) is 0 Å². The van der Waals surface area contributed by atoms with E-state index in [0.717, 1.165) is 6.26 Å². The number of nitrogens with zero attached hydrogens (tertiary/aromatic N) is 2. The van der Waals surface area contributed by atoms with Crippen molar-refractivity contribution in [3.05, 3.63) is 29.8 Å². The van der Waals surface area contributed by atoms with Crippen LogP contribution in [0.1, 0.15) is 31.7 Å². The van der Waals surface area contributed by atoms with Crippen molar-refractivity contribution in [2.24, 2.45) is 5.41 Å². The molecular formula is C21H27F5N2O5S. The first kappa shape index (κ1) is 28.0. The molecule has 2 fully saturated rings. The SMILES string of the molecule is CCN1CCCC2(CN(Cc3ccccc3S(C)(=O)=O)CC(F)(F)C2)C1=O.O=C(O)C(F)(F)F. The average molecular weight is 515 g/mol. The molecule has 0 aliphatic carbocycles. The van der Waals surface area contributed by atoms with E-state index in [4.69, 9.17) is 9.90 Å². The first-order valence-electron chi connectivity index (χ1n) is 10.5. The van der Waals surface area contributed by atoms with Crippen LogP contribution in [0.2, 0.25) is 0 Å². The predicted octanol–water partition coefficient (Wildman–Crippen LogP) is 3.19. The Morgan fingerprint density at radius 1 is 1.18 bits per heavy atom. The number of alkyl halides is 5. The zero-order chi connectivity index (χ0) is 25.9. The minimum absolute atomic E-state index is 0.0833. The van der Waals surface area contributed by atoms with E-state index in [-0.39, 0.29) is 23.9 Å². The van der Waals surface area contributed by atoms with Crippen molar-refractivity contribution in [1.82, 2.24) is 9.80 Å². The van der Waals surface area contributed by atoms with Crippen LogP contribution in [0.15, 0.2) is 29.2 Å². The largest absolute Gasteiger partial charge is 0.490 e. The molecule has 1 unspecified atom stereocenters. The minimum Gasteiger partial charge on any atom is -0.475 e. The first-order valence-corrected chi connectivity index (χ1v) is 12.4. The van der Waals surface area contributed by atoms with Crippen LogP contribution in [-0.2, 0) is 26.0 Å². The summed E-state index contributed by atoms with van der Waals surface area (Å²) in [4.78, 5) is 25.2. The number of benzene rings is 1. The van der Waals surface area contributed by atoms with Crippen LogP contribution in [0.25, 0.3) is 0 Å². The Kier molecular flexibility index (Phi) is 8.34. The van der Waals surface area contributed by atoms with Gasteiger partial charge in [-0.1, -0.05) is 18.2 Å². The molecule has 13 heteroatoms. The number of rotatable bonds is 4. The Morgan fingerprint density at radius 3 is 2.29 bits per heavy atom. The third-order valence-electron chi connectivity index (χ3n) is 5.79. The molecule has 0 saturated carbocycles. The lowest BCUT2D eigenvalue weighted by atomic mass is 9.71. The summed E-state index contributed by atoms with van der Waals surface area (Å²) >= 11 is 0. The Labute approximate surface area is 194 Å². The molecule has 1 aromatic carbocycles. The van der Waals surface area contributed by atoms with Crippen molar-refractivity contribution < 1.29 is 45.1 Å². The molecule has 1 N–H and O–H groups in total. The number of hydrogen-bond donors (Lipinski definition) is 1. The van der Waals surface area contributed by atoms with Gasteiger partial charge in [0.1, 0.15) is 0 Å². The van der Waals surface area contributed by atoms with E-state index in [9.17, 15) is 35.2 Å². The molecule has 1 spiro atoms. The molecule has 0 radical (unpaired) electrons. The molecule has 34 heavy (non-hydrogen) atoms. The highest BCUT2D eigenvalue weighted by Crippen LogP contribution is 2.45. The quantitative estimate of drug-likeness (QED) is 0.621. The Bertz CT molecular complexity index is 1020. The van der Waals surface area contributed by atoms with Crippen LogP contribution in [0.5, 0.6) is 0 Å². The molecular weight excluding hydrogens is 487 g/mol. The maximum absolute atomic E-state index is 14.6. The fraction of sp³-hybridized carbons (Fsp3) is 0.619. The van der Waals surface area contributed by atoms with Crippen molar-refractivity contribution in [2.75, 3.05) is 32.4 Å². The molecule has 2 saturated heterocycles. The van der Waals surface area contributed by atoms with Crippen LogP contribution < -0.4 is 0 Å². The van der Waals surface area contributed by atoms with Gasteiger partial charge in [0, 0.05) is 38.9 Å². The van der Waals surface area contributed by atoms with Crippen molar-refractivity contribution in [3.63, 3.8) is 0 Å². The van der Waals surface area contributed by atoms with Crippen LogP contribution in [0.3, 0.4) is 0 Å². The Morgan fingerprint density at radius 2 is 1.76 bits per heavy atom. The van der Waals surface area contributed by atoms with E-state index in [1.54, 1.807) is 28.0 Å². The van der Waals surface area contributed by atoms with E-state index in [1.165, 1.54) is 6.07 Å². The summed E-state index contributed by atoms with van der Waals surface area (Å²) in [6.07, 6.45) is -3.24. The second kappa shape index (κ2) is 10.1. The second-order valence-electron chi connectivity index (χ2n) is 8.63. The molecule has 192 valence electrons. The molecule has 2 aliphatic rings. The molecule has 0 aromatic heterocycles. The van der Waals surface area contributed by atoms with Gasteiger partial charge >= 0.3 is 12.1 Å². The van der Waals surface area contributed by atoms with Gasteiger partial charge in [0.25, 0.3) is 5.92 Å². The summed E-state index contributed by atoms with van der Waals surface area (Å²) in [6, 6.07) is 6.46. The summed E-state index contributed by atoms with van der Waals surface area (Å²) in [5.74, 6) is -5.94. The standard InChI is InChI=1S/C19H26F2N2O3S.C2HF3O2/c1-3-23-10-6-9-18(17(23)24)12-19(20,21)14-22(13-18)11-15-7-4-5-8-16(15)27(2,25)26;3-2(4,5)1(6)7/h4-5,7-8H,3,6,9-14H2,1-2H3;(H,6,7). The van der Waals surface area contributed by atoms with Gasteiger partial charge in [-0.2, -0.15) is 13.2 Å². The summed E-state index contributed by atoms with van der Waals surface area (Å²) < 4.78 is 85.0. The third kappa shape index (κ3) is 6.87. The number of carboxylic acid groups (broad SMARTS) is 1. The first-order chi connectivity index (χ1) is 15.5. The monoisotopic (exact) mass is 514 g/mol. The number of carboxylic acids is 1. The fourth-order valence-corrected chi connectivity index (χ4v) is 5.47. The van der Waals surface area contributed by atoms with Crippen LogP contribution >= 0.6 is 0 Å². The predicted molar refractivity (Wildman–Crippen MR) is 112 cm³/mol. The maximum Gasteiger partial charge on any atom is 0.490 e. The number of hydrogen-bond acceptors (Lipinski definition) is 5. The summed E-state index contributed by atoms with van der Waals surface area (Å²) in [5.41, 5.74) is -0.598. The highest BCUT2D eigenvalue weighted by atomic mass is 32.2. The lowest BCUT2D eigenvalue weighted by Crippen LogP contribution is -2.60. The van der Waals surface area contributed by atoms with Gasteiger partial charge in [0.15, 0.2) is 9.84 Å². The van der Waals surface area contributed by atoms with E-state index < -0.39 is 46.3 Å². The average Bonchev–Trinajstić information content (AvgIpc) is 2.68. The summed E-state index contributed by atoms with van der Waals surface area (Å²) in [6.45, 7) is 2.84. The number of halogens is 5. The number of amides is 1. The lowest BCUT2D eigenvalue weighted by Gasteiger charge is -2.49. The third-order valence-corrected chi connectivity index (χ3v) is 6.99. The highest BCUT2D eigenvalue weighted by molar-refractivity contribution is 7.90. The smallest absolute Gasteiger partial charge is 0.475 e. The van der Waals surface area contributed by atoms with Gasteiger partial charge in [-0.3, -0.25) is 9.69 Å². The van der Waals surface area contributed by atoms with Crippen molar-refractivity contribution in [2.45, 2.75) is 49.7 Å². The summed E-state index contributed by atoms with van der Waals surface area (Å²) in [7, 11) is -3.46. The van der Waals surface area contributed by atoms with Gasteiger partial charge in [-0.25, -0.2) is 22.0 Å². The van der Waals surface area contributed by atoms with Crippen LogP contribution in [0, 0.1) is 5.41 Å². The van der Waals surface area contributed by atoms with E-state index in [2.05, 4.69) is 0 Å². The van der Waals surface area contributed by atoms with E-state index >= 15 is 0 Å². The number of carbonyl (C=O) groups is 2. The van der Waals surface area contributed by atoms with Crippen LogP contribution in [0.4, 0.5) is 22.0 Å². The second-order valence-corrected chi connectivity index (χ2v) is 10.6. The molecule has 1 aromatic rings. The highest BCUT2D eigenvalue weighted by Gasteiger charge is 2.54. The van der Waals surface area contributed by atoms with Crippen molar-refractivity contribution >= 4 is 21.7 Å². The van der Waals surface area contributed by atoms with Crippen molar-refractivity contribution in [1.29, 1.82) is 0 Å². The number of carbonyl (C=O) groups excluding carboxylic acids is 1. The van der Waals surface area contributed by atoms with Gasteiger partial charge in [0.05, 0.1) is 16.9 Å². The number of sulfone groups is 1. The molecule has 2 aliphatic heterocycles. The zero-order valence-corrected chi connectivity index (χ0v) is 19.6. The van der Waals surface area contributed by atoms with Gasteiger partial charge in [0.2, 0.25) is 5.91 Å². The lowest BCUT2D eigenvalue weighted by molar-refractivity contribution is -0.192. The normalized spacial score (nSPS) is 23.4. The molecule has 1 atom stereocenters. The molecule has 2 heterocycles. The molecule has 7 nitrogen and oxygen atoms in total. The van der Waals surface area contributed by atoms with E-state index in [0.29, 0.717) is 31.5 Å². The zero-order valence-electron chi connectivity index (χ0n) is 18.7. The number of piperidine rings is 2.